The summed E-state index contributed by atoms with van der Waals surface area (Å²) in [6.07, 6.45) is 0. The molecule has 18 heavy (non-hydrogen) atoms. The van der Waals surface area contributed by atoms with Crippen LogP contribution in [0.5, 0.6) is 0 Å². The zero-order valence-electron chi connectivity index (χ0n) is 10.8. The van der Waals surface area contributed by atoms with Crippen LogP contribution >= 0.6 is 0 Å². The zero-order chi connectivity index (χ0) is 13.0. The molecule has 0 aromatic heterocycles. The summed E-state index contributed by atoms with van der Waals surface area (Å²) in [7, 11) is 0. The topological polar surface area (TPSA) is 12.0 Å². The van der Waals surface area contributed by atoms with Crippen LogP contribution in [0.25, 0.3) is 0 Å². The fourth-order valence-electron chi connectivity index (χ4n) is 1.96. The Hall–Kier alpha value is -1.67. The van der Waals surface area contributed by atoms with E-state index in [-0.39, 0.29) is 11.9 Å². The van der Waals surface area contributed by atoms with Crippen LogP contribution in [0.15, 0.2) is 48.5 Å². The number of nitrogens with one attached hydrogen (secondary N) is 1. The van der Waals surface area contributed by atoms with Crippen LogP contribution in [0.1, 0.15) is 29.7 Å². The lowest BCUT2D eigenvalue weighted by Gasteiger charge is -2.15. The normalized spacial score (nSPS) is 12.4. The minimum absolute atomic E-state index is 0.151. The van der Waals surface area contributed by atoms with Crippen LogP contribution in [-0.2, 0) is 6.54 Å². The third-order valence-electron chi connectivity index (χ3n) is 3.10. The average Bonchev–Trinajstić information content (AvgIpc) is 2.37. The van der Waals surface area contributed by atoms with Gasteiger partial charge < -0.3 is 5.32 Å². The third kappa shape index (κ3) is 3.17. The minimum atomic E-state index is -0.151. The highest BCUT2D eigenvalue weighted by atomic mass is 19.1. The maximum atomic E-state index is 13.5. The molecule has 0 radical (unpaired) electrons. The van der Waals surface area contributed by atoms with Crippen molar-refractivity contribution in [2.24, 2.45) is 0 Å². The average molecular weight is 243 g/mol. The monoisotopic (exact) mass is 243 g/mol. The van der Waals surface area contributed by atoms with Crippen LogP contribution in [-0.4, -0.2) is 0 Å². The largest absolute Gasteiger partial charge is 0.306 e. The van der Waals surface area contributed by atoms with Gasteiger partial charge in [-0.3, -0.25) is 0 Å². The molecule has 2 rings (SSSR count). The highest BCUT2D eigenvalue weighted by Gasteiger charge is 2.06. The number of benzene rings is 2. The predicted octanol–water partition coefficient (Wildman–Crippen LogP) is 3.98. The lowest BCUT2D eigenvalue weighted by Crippen LogP contribution is -2.18. The quantitative estimate of drug-likeness (QED) is 0.856. The van der Waals surface area contributed by atoms with Crippen LogP contribution in [0, 0.1) is 12.7 Å². The Bertz CT molecular complexity index is 522. The Labute approximate surface area is 108 Å². The molecule has 0 aliphatic rings. The highest BCUT2D eigenvalue weighted by molar-refractivity contribution is 5.25. The number of aryl methyl sites for hydroxylation is 1. The molecule has 0 spiro atoms. The highest BCUT2D eigenvalue weighted by Crippen LogP contribution is 2.15. The number of rotatable bonds is 4. The van der Waals surface area contributed by atoms with Crippen molar-refractivity contribution in [3.05, 3.63) is 71.0 Å². The van der Waals surface area contributed by atoms with Crippen molar-refractivity contribution >= 4 is 0 Å². The fraction of sp³-hybridized carbons (Fsp3) is 0.250. The summed E-state index contributed by atoms with van der Waals surface area (Å²) in [5, 5.41) is 3.34. The van der Waals surface area contributed by atoms with Gasteiger partial charge in [0.15, 0.2) is 0 Å². The van der Waals surface area contributed by atoms with E-state index in [4.69, 9.17) is 0 Å². The third-order valence-corrected chi connectivity index (χ3v) is 3.10. The Balaban J connectivity index is 2.00. The van der Waals surface area contributed by atoms with E-state index in [9.17, 15) is 4.39 Å². The van der Waals surface area contributed by atoms with Crippen molar-refractivity contribution in [2.75, 3.05) is 0 Å². The summed E-state index contributed by atoms with van der Waals surface area (Å²) in [6, 6.07) is 15.5. The first-order valence-electron chi connectivity index (χ1n) is 6.20. The molecule has 1 nitrogen and oxygen atoms in total. The lowest BCUT2D eigenvalue weighted by molar-refractivity contribution is 0.544. The van der Waals surface area contributed by atoms with Gasteiger partial charge in [-0.25, -0.2) is 4.39 Å². The van der Waals surface area contributed by atoms with Gasteiger partial charge >= 0.3 is 0 Å². The SMILES string of the molecule is Cc1cccc([C@@H](C)NCc2ccccc2F)c1. The number of halogens is 1. The predicted molar refractivity (Wildman–Crippen MR) is 72.8 cm³/mol. The van der Waals surface area contributed by atoms with Crippen molar-refractivity contribution in [3.63, 3.8) is 0 Å². The van der Waals surface area contributed by atoms with Gasteiger partial charge in [-0.2, -0.15) is 0 Å². The van der Waals surface area contributed by atoms with E-state index in [0.717, 1.165) is 0 Å². The second-order valence-electron chi connectivity index (χ2n) is 4.61. The smallest absolute Gasteiger partial charge is 0.127 e. The van der Waals surface area contributed by atoms with E-state index in [1.165, 1.54) is 17.2 Å². The second-order valence-corrected chi connectivity index (χ2v) is 4.61. The van der Waals surface area contributed by atoms with Crippen LogP contribution in [0.3, 0.4) is 0 Å². The molecule has 0 saturated heterocycles. The molecule has 0 fully saturated rings. The minimum Gasteiger partial charge on any atom is -0.306 e. The van der Waals surface area contributed by atoms with Gasteiger partial charge in [0.25, 0.3) is 0 Å². The number of hydrogen-bond donors (Lipinski definition) is 1. The molecule has 1 N–H and O–H groups in total. The summed E-state index contributed by atoms with van der Waals surface area (Å²) >= 11 is 0. The van der Waals surface area contributed by atoms with Crippen molar-refractivity contribution in [1.82, 2.24) is 5.32 Å². The van der Waals surface area contributed by atoms with E-state index < -0.39 is 0 Å². The first-order valence-corrected chi connectivity index (χ1v) is 6.20. The van der Waals surface area contributed by atoms with Gasteiger partial charge in [0.2, 0.25) is 0 Å². The summed E-state index contributed by atoms with van der Waals surface area (Å²) in [5.74, 6) is -0.151. The first-order chi connectivity index (χ1) is 8.66. The van der Waals surface area contributed by atoms with E-state index in [1.54, 1.807) is 6.07 Å². The van der Waals surface area contributed by atoms with Gasteiger partial charge in [0.05, 0.1) is 0 Å². The Morgan fingerprint density at radius 3 is 2.61 bits per heavy atom. The standard InChI is InChI=1S/C16H18FN/c1-12-6-5-8-14(10-12)13(2)18-11-15-7-3-4-9-16(15)17/h3-10,13,18H,11H2,1-2H3/t13-/m1/s1. The Morgan fingerprint density at radius 1 is 1.11 bits per heavy atom. The summed E-state index contributed by atoms with van der Waals surface area (Å²) < 4.78 is 13.5. The van der Waals surface area contributed by atoms with E-state index in [0.29, 0.717) is 12.1 Å². The zero-order valence-corrected chi connectivity index (χ0v) is 10.8. The van der Waals surface area contributed by atoms with Crippen LogP contribution < -0.4 is 5.32 Å². The molecule has 0 heterocycles. The van der Waals surface area contributed by atoms with Gasteiger partial charge in [-0.05, 0) is 25.5 Å². The second kappa shape index (κ2) is 5.78. The van der Waals surface area contributed by atoms with Crippen LogP contribution in [0.2, 0.25) is 0 Å². The molecule has 94 valence electrons. The number of hydrogen-bond acceptors (Lipinski definition) is 1. The van der Waals surface area contributed by atoms with Crippen molar-refractivity contribution in [2.45, 2.75) is 26.4 Å². The molecular weight excluding hydrogens is 225 g/mol. The Morgan fingerprint density at radius 2 is 1.89 bits per heavy atom. The molecule has 0 amide bonds. The van der Waals surface area contributed by atoms with Gasteiger partial charge in [0, 0.05) is 18.2 Å². The molecule has 0 bridgehead atoms. The lowest BCUT2D eigenvalue weighted by atomic mass is 10.1. The maximum absolute atomic E-state index is 13.5. The van der Waals surface area contributed by atoms with E-state index >= 15 is 0 Å². The molecule has 0 aliphatic heterocycles. The summed E-state index contributed by atoms with van der Waals surface area (Å²) in [4.78, 5) is 0. The maximum Gasteiger partial charge on any atom is 0.127 e. The molecule has 2 aromatic carbocycles. The van der Waals surface area contributed by atoms with Gasteiger partial charge in [0.1, 0.15) is 5.82 Å². The Kier molecular flexibility index (Phi) is 4.11. The van der Waals surface area contributed by atoms with Crippen molar-refractivity contribution < 1.29 is 4.39 Å². The van der Waals surface area contributed by atoms with Crippen molar-refractivity contribution in [3.8, 4) is 0 Å². The molecule has 0 saturated carbocycles. The molecule has 0 aliphatic carbocycles. The molecule has 2 aromatic rings. The van der Waals surface area contributed by atoms with Gasteiger partial charge in [-0.1, -0.05) is 48.0 Å². The van der Waals surface area contributed by atoms with Gasteiger partial charge in [-0.15, -0.1) is 0 Å². The molecular formula is C16H18FN. The molecule has 0 unspecified atom stereocenters. The van der Waals surface area contributed by atoms with E-state index in [1.807, 2.05) is 18.2 Å². The first kappa shape index (κ1) is 12.8. The van der Waals surface area contributed by atoms with E-state index in [2.05, 4.69) is 37.4 Å². The van der Waals surface area contributed by atoms with Crippen molar-refractivity contribution in [1.29, 1.82) is 0 Å². The molecule has 2 heteroatoms. The molecule has 1 atom stereocenters. The van der Waals surface area contributed by atoms with Crippen LogP contribution in [0.4, 0.5) is 4.39 Å². The summed E-state index contributed by atoms with van der Waals surface area (Å²) in [5.41, 5.74) is 3.18. The fourth-order valence-corrected chi connectivity index (χ4v) is 1.96. The summed E-state index contributed by atoms with van der Waals surface area (Å²) in [6.45, 7) is 4.71.